The molecule has 2 saturated heterocycles. The number of carbonyl (C=O) groups is 2. The second-order valence-corrected chi connectivity index (χ2v) is 10.8. The van der Waals surface area contributed by atoms with Crippen LogP contribution in [0.15, 0.2) is 42.5 Å². The van der Waals surface area contributed by atoms with Gasteiger partial charge in [0.15, 0.2) is 5.11 Å². The van der Waals surface area contributed by atoms with Gasteiger partial charge in [-0.05, 0) is 73.8 Å². The summed E-state index contributed by atoms with van der Waals surface area (Å²) in [5.74, 6) is 0.0598. The van der Waals surface area contributed by atoms with E-state index in [0.29, 0.717) is 36.8 Å². The topological polar surface area (TPSA) is 111 Å². The van der Waals surface area contributed by atoms with Crippen LogP contribution < -0.4 is 20.4 Å². The molecule has 0 aromatic heterocycles. The van der Waals surface area contributed by atoms with Crippen LogP contribution in [0.3, 0.4) is 0 Å². The number of rotatable bonds is 7. The highest BCUT2D eigenvalue weighted by atomic mass is 32.1. The van der Waals surface area contributed by atoms with Crippen LogP contribution in [0.1, 0.15) is 49.9 Å². The molecular formula is C28H36N6O4S. The average molecular weight is 553 g/mol. The number of nitro groups is 1. The Kier molecular flexibility index (Phi) is 9.34. The molecule has 10 nitrogen and oxygen atoms in total. The molecule has 0 saturated carbocycles. The van der Waals surface area contributed by atoms with Crippen LogP contribution in [-0.2, 0) is 4.79 Å². The number of anilines is 3. The maximum atomic E-state index is 12.8. The van der Waals surface area contributed by atoms with Crippen molar-refractivity contribution in [3.05, 3.63) is 58.1 Å². The molecule has 2 aliphatic rings. The van der Waals surface area contributed by atoms with E-state index in [0.717, 1.165) is 51.1 Å². The Labute approximate surface area is 234 Å². The van der Waals surface area contributed by atoms with E-state index in [2.05, 4.69) is 29.4 Å². The minimum Gasteiger partial charge on any atom is -0.368 e. The Hall–Kier alpha value is -3.73. The number of piperazine rings is 1. The Morgan fingerprint density at radius 1 is 0.949 bits per heavy atom. The van der Waals surface area contributed by atoms with Gasteiger partial charge in [-0.15, -0.1) is 0 Å². The Morgan fingerprint density at radius 2 is 1.62 bits per heavy atom. The summed E-state index contributed by atoms with van der Waals surface area (Å²) < 4.78 is 0. The van der Waals surface area contributed by atoms with Gasteiger partial charge >= 0.3 is 0 Å². The first-order valence-electron chi connectivity index (χ1n) is 13.5. The Bertz CT molecular complexity index is 1210. The Balaban J connectivity index is 1.31. The summed E-state index contributed by atoms with van der Waals surface area (Å²) >= 11 is 5.32. The van der Waals surface area contributed by atoms with Crippen LogP contribution in [0.4, 0.5) is 22.7 Å². The summed E-state index contributed by atoms with van der Waals surface area (Å²) in [6.07, 6.45) is 3.69. The fraction of sp³-hybridized carbons (Fsp3) is 0.464. The molecule has 0 aliphatic carbocycles. The van der Waals surface area contributed by atoms with Gasteiger partial charge in [-0.1, -0.05) is 13.8 Å². The van der Waals surface area contributed by atoms with E-state index in [9.17, 15) is 19.7 Å². The minimum absolute atomic E-state index is 0.0795. The second kappa shape index (κ2) is 12.9. The summed E-state index contributed by atoms with van der Waals surface area (Å²) in [4.78, 5) is 42.6. The van der Waals surface area contributed by atoms with Crippen LogP contribution >= 0.6 is 12.2 Å². The molecule has 39 heavy (non-hydrogen) atoms. The molecule has 0 bridgehead atoms. The molecule has 2 heterocycles. The van der Waals surface area contributed by atoms with Crippen molar-refractivity contribution >= 4 is 51.9 Å². The molecule has 11 heteroatoms. The number of thiocarbonyl (C=S) groups is 1. The van der Waals surface area contributed by atoms with E-state index < -0.39 is 10.8 Å². The first-order chi connectivity index (χ1) is 18.7. The van der Waals surface area contributed by atoms with E-state index in [-0.39, 0.29) is 22.3 Å². The van der Waals surface area contributed by atoms with Gasteiger partial charge in [0.05, 0.1) is 4.92 Å². The van der Waals surface area contributed by atoms with Gasteiger partial charge in [0.2, 0.25) is 5.91 Å². The SMILES string of the molecule is CC(C)CC(=O)N1CCN(c2ccc(NC(=S)NC(=O)c3ccc(N4CCCCC4)c([N+](=O)[O-])c3)cc2)CC1. The van der Waals surface area contributed by atoms with Gasteiger partial charge in [0, 0.05) is 68.7 Å². The molecule has 2 N–H and O–H groups in total. The number of nitrogens with one attached hydrogen (secondary N) is 2. The molecule has 208 valence electrons. The van der Waals surface area contributed by atoms with Crippen LogP contribution in [0.5, 0.6) is 0 Å². The quantitative estimate of drug-likeness (QED) is 0.295. The minimum atomic E-state index is -0.512. The van der Waals surface area contributed by atoms with Crippen molar-refractivity contribution in [1.82, 2.24) is 10.2 Å². The standard InChI is InChI=1S/C28H36N6O4S/c1-20(2)18-26(35)33-16-14-31(15-17-33)23-9-7-22(8-10-23)29-28(39)30-27(36)21-6-11-24(25(19-21)34(37)38)32-12-4-3-5-13-32/h6-11,19-20H,3-5,12-18H2,1-2H3,(H2,29,30,36,39). The molecule has 2 amide bonds. The van der Waals surface area contributed by atoms with Crippen molar-refractivity contribution in [3.8, 4) is 0 Å². The predicted octanol–water partition coefficient (Wildman–Crippen LogP) is 4.41. The monoisotopic (exact) mass is 552 g/mol. The highest BCUT2D eigenvalue weighted by molar-refractivity contribution is 7.80. The number of carbonyl (C=O) groups excluding carboxylic acids is 2. The van der Waals surface area contributed by atoms with Crippen molar-refractivity contribution in [2.24, 2.45) is 5.92 Å². The van der Waals surface area contributed by atoms with E-state index in [4.69, 9.17) is 12.2 Å². The molecule has 0 spiro atoms. The summed E-state index contributed by atoms with van der Waals surface area (Å²) in [5, 5.41) is 17.4. The third kappa shape index (κ3) is 7.44. The van der Waals surface area contributed by atoms with Gasteiger partial charge in [0.25, 0.3) is 11.6 Å². The van der Waals surface area contributed by atoms with Crippen LogP contribution in [0, 0.1) is 16.0 Å². The van der Waals surface area contributed by atoms with Crippen LogP contribution in [0.2, 0.25) is 0 Å². The lowest BCUT2D eigenvalue weighted by molar-refractivity contribution is -0.384. The highest BCUT2D eigenvalue weighted by Gasteiger charge is 2.24. The van der Waals surface area contributed by atoms with Gasteiger partial charge < -0.3 is 20.0 Å². The first kappa shape index (κ1) is 28.3. The van der Waals surface area contributed by atoms with E-state index in [1.54, 1.807) is 12.1 Å². The van der Waals surface area contributed by atoms with E-state index in [1.807, 2.05) is 34.1 Å². The largest absolute Gasteiger partial charge is 0.368 e. The van der Waals surface area contributed by atoms with E-state index in [1.165, 1.54) is 6.07 Å². The molecule has 2 aromatic carbocycles. The number of amides is 2. The number of benzene rings is 2. The number of hydrogen-bond donors (Lipinski definition) is 2. The van der Waals surface area contributed by atoms with E-state index >= 15 is 0 Å². The Morgan fingerprint density at radius 3 is 2.23 bits per heavy atom. The molecule has 2 aromatic rings. The molecule has 0 unspecified atom stereocenters. The summed E-state index contributed by atoms with van der Waals surface area (Å²) in [6, 6.07) is 12.3. The summed E-state index contributed by atoms with van der Waals surface area (Å²) in [5.41, 5.74) is 2.39. The molecule has 0 radical (unpaired) electrons. The smallest absolute Gasteiger partial charge is 0.293 e. The van der Waals surface area contributed by atoms with Gasteiger partial charge in [-0.2, -0.15) is 0 Å². The first-order valence-corrected chi connectivity index (χ1v) is 13.9. The maximum absolute atomic E-state index is 12.8. The van der Waals surface area contributed by atoms with Crippen molar-refractivity contribution in [3.63, 3.8) is 0 Å². The molecule has 4 rings (SSSR count). The zero-order valence-corrected chi connectivity index (χ0v) is 23.3. The van der Waals surface area contributed by atoms with Crippen LogP contribution in [-0.4, -0.2) is 66.0 Å². The molecule has 0 atom stereocenters. The van der Waals surface area contributed by atoms with Crippen molar-refractivity contribution in [2.75, 3.05) is 54.4 Å². The normalized spacial score (nSPS) is 15.7. The molecular weight excluding hydrogens is 516 g/mol. The average Bonchev–Trinajstić information content (AvgIpc) is 2.93. The highest BCUT2D eigenvalue weighted by Crippen LogP contribution is 2.31. The zero-order chi connectivity index (χ0) is 27.9. The molecule has 2 aliphatic heterocycles. The molecule has 2 fully saturated rings. The number of nitrogens with zero attached hydrogens (tertiary/aromatic N) is 4. The fourth-order valence-corrected chi connectivity index (χ4v) is 5.21. The van der Waals surface area contributed by atoms with Gasteiger partial charge in [-0.3, -0.25) is 25.0 Å². The lowest BCUT2D eigenvalue weighted by atomic mass is 10.1. The maximum Gasteiger partial charge on any atom is 0.293 e. The van der Waals surface area contributed by atoms with Crippen LogP contribution in [0.25, 0.3) is 0 Å². The van der Waals surface area contributed by atoms with Gasteiger partial charge in [0.1, 0.15) is 5.69 Å². The predicted molar refractivity (Wildman–Crippen MR) is 158 cm³/mol. The van der Waals surface area contributed by atoms with Crippen molar-refractivity contribution in [2.45, 2.75) is 39.5 Å². The summed E-state index contributed by atoms with van der Waals surface area (Å²) in [6.45, 7) is 8.61. The zero-order valence-electron chi connectivity index (χ0n) is 22.5. The van der Waals surface area contributed by atoms with Crippen molar-refractivity contribution in [1.29, 1.82) is 0 Å². The second-order valence-electron chi connectivity index (χ2n) is 10.4. The fourth-order valence-electron chi connectivity index (χ4n) is 5.00. The number of nitro benzene ring substituents is 1. The summed E-state index contributed by atoms with van der Waals surface area (Å²) in [7, 11) is 0. The number of hydrogen-bond acceptors (Lipinski definition) is 7. The third-order valence-corrected chi connectivity index (χ3v) is 7.27. The third-order valence-electron chi connectivity index (χ3n) is 7.06. The lowest BCUT2D eigenvalue weighted by Crippen LogP contribution is -2.49. The number of piperidine rings is 1. The van der Waals surface area contributed by atoms with Crippen molar-refractivity contribution < 1.29 is 14.5 Å². The lowest BCUT2D eigenvalue weighted by Gasteiger charge is -2.36. The van der Waals surface area contributed by atoms with Gasteiger partial charge in [-0.25, -0.2) is 0 Å².